The lowest BCUT2D eigenvalue weighted by atomic mass is 9.53. The van der Waals surface area contributed by atoms with E-state index >= 15 is 0 Å². The SMILES string of the molecule is C[S+]([O-])CCC(N)C(=O)N(C(=O)[C@H](Cc1ccccc1)N(C(=O)CNC(=O)CN)C1C2CC3CC(C2)CC1C3)c1ccccc1. The molecule has 4 amide bonds. The number of carbonyl (C=O) groups excluding carboxylic acids is 4. The van der Waals surface area contributed by atoms with Gasteiger partial charge < -0.3 is 26.2 Å². The van der Waals surface area contributed by atoms with Crippen LogP contribution in [0.1, 0.15) is 44.1 Å². The monoisotopic (exact) mass is 635 g/mol. The van der Waals surface area contributed by atoms with Crippen molar-refractivity contribution in [2.45, 2.75) is 63.1 Å². The van der Waals surface area contributed by atoms with Gasteiger partial charge in [0.15, 0.2) is 0 Å². The van der Waals surface area contributed by atoms with Gasteiger partial charge in [-0.25, -0.2) is 4.90 Å². The number of anilines is 1. The van der Waals surface area contributed by atoms with Crippen LogP contribution in [-0.4, -0.2) is 76.3 Å². The molecular weight excluding hydrogens is 590 g/mol. The molecule has 4 aliphatic rings. The van der Waals surface area contributed by atoms with E-state index in [1.807, 2.05) is 30.3 Å². The molecule has 242 valence electrons. The number of benzene rings is 2. The molecule has 4 bridgehead atoms. The topological polar surface area (TPSA) is 162 Å². The summed E-state index contributed by atoms with van der Waals surface area (Å²) >= 11 is -1.16. The van der Waals surface area contributed by atoms with Gasteiger partial charge in [-0.15, -0.1) is 0 Å². The fourth-order valence-electron chi connectivity index (χ4n) is 8.05. The number of nitrogens with two attached hydrogens (primary N) is 2. The predicted molar refractivity (Wildman–Crippen MR) is 174 cm³/mol. The molecule has 11 heteroatoms. The fourth-order valence-corrected chi connectivity index (χ4v) is 8.64. The first kappa shape index (κ1) is 33.1. The average Bonchev–Trinajstić information content (AvgIpc) is 3.03. The summed E-state index contributed by atoms with van der Waals surface area (Å²) in [5, 5.41) is 2.63. The van der Waals surface area contributed by atoms with Crippen molar-refractivity contribution in [3.8, 4) is 0 Å². The van der Waals surface area contributed by atoms with Gasteiger partial charge in [-0.3, -0.25) is 19.2 Å². The number of hydrogen-bond donors (Lipinski definition) is 3. The Morgan fingerprint density at radius 2 is 1.49 bits per heavy atom. The van der Waals surface area contributed by atoms with Crippen LogP contribution in [0.3, 0.4) is 0 Å². The Morgan fingerprint density at radius 1 is 0.911 bits per heavy atom. The van der Waals surface area contributed by atoms with Crippen molar-refractivity contribution in [3.63, 3.8) is 0 Å². The van der Waals surface area contributed by atoms with E-state index in [1.165, 1.54) is 6.42 Å². The Balaban J connectivity index is 1.58. The van der Waals surface area contributed by atoms with Crippen molar-refractivity contribution in [1.29, 1.82) is 0 Å². The van der Waals surface area contributed by atoms with Gasteiger partial charge in [-0.2, -0.15) is 0 Å². The summed E-state index contributed by atoms with van der Waals surface area (Å²) < 4.78 is 11.8. The van der Waals surface area contributed by atoms with Gasteiger partial charge in [0.25, 0.3) is 11.8 Å². The number of para-hydroxylation sites is 1. The van der Waals surface area contributed by atoms with Crippen LogP contribution in [0.25, 0.3) is 0 Å². The molecule has 0 radical (unpaired) electrons. The Labute approximate surface area is 268 Å². The Morgan fingerprint density at radius 3 is 2.04 bits per heavy atom. The lowest BCUT2D eigenvalue weighted by molar-refractivity contribution is -0.154. The Hall–Kier alpha value is -3.25. The molecule has 3 atom stereocenters. The van der Waals surface area contributed by atoms with Crippen LogP contribution in [-0.2, 0) is 36.8 Å². The van der Waals surface area contributed by atoms with E-state index in [4.69, 9.17) is 11.5 Å². The smallest absolute Gasteiger partial charge is 0.256 e. The molecule has 0 aromatic heterocycles. The molecule has 45 heavy (non-hydrogen) atoms. The lowest BCUT2D eigenvalue weighted by Crippen LogP contribution is -2.65. The van der Waals surface area contributed by atoms with E-state index < -0.39 is 41.0 Å². The lowest BCUT2D eigenvalue weighted by Gasteiger charge is -2.58. The number of nitrogens with one attached hydrogen (secondary N) is 1. The van der Waals surface area contributed by atoms with Gasteiger partial charge in [0.1, 0.15) is 11.8 Å². The minimum absolute atomic E-state index is 0.144. The third-order valence-corrected chi connectivity index (χ3v) is 10.6. The second-order valence-electron chi connectivity index (χ2n) is 12.9. The first-order valence-electron chi connectivity index (χ1n) is 16.0. The van der Waals surface area contributed by atoms with Crippen LogP contribution in [0.5, 0.6) is 0 Å². The van der Waals surface area contributed by atoms with E-state index in [1.54, 1.807) is 41.5 Å². The third kappa shape index (κ3) is 7.77. The molecule has 4 fully saturated rings. The zero-order chi connectivity index (χ0) is 32.1. The molecule has 10 nitrogen and oxygen atoms in total. The highest BCUT2D eigenvalue weighted by Crippen LogP contribution is 2.55. The van der Waals surface area contributed by atoms with Gasteiger partial charge in [0, 0.05) is 18.9 Å². The normalized spacial score (nSPS) is 25.2. The van der Waals surface area contributed by atoms with E-state index in [2.05, 4.69) is 5.32 Å². The predicted octanol–water partition coefficient (Wildman–Crippen LogP) is 1.98. The zero-order valence-electron chi connectivity index (χ0n) is 25.9. The standard InChI is InChI=1S/C34H45N5O5S/c1-45(44)13-12-28(36)33(42)38(27-10-6-3-7-11-27)34(43)29(19-22-8-4-2-5-9-22)39(31(41)21-37-30(40)20-35)32-25-15-23-14-24(17-25)18-26(32)16-23/h2-11,23-26,28-29,32H,12-21,35-36H2,1H3,(H,37,40)/t23?,24?,25?,26?,28?,29-,32?,45?/m0/s1. The zero-order valence-corrected chi connectivity index (χ0v) is 26.7. The van der Waals surface area contributed by atoms with E-state index in [0.29, 0.717) is 17.5 Å². The van der Waals surface area contributed by atoms with Crippen LogP contribution in [0, 0.1) is 23.7 Å². The highest BCUT2D eigenvalue weighted by molar-refractivity contribution is 7.90. The number of imide groups is 1. The Bertz CT molecular complexity index is 1320. The van der Waals surface area contributed by atoms with Crippen LogP contribution < -0.4 is 21.7 Å². The molecule has 0 spiro atoms. The van der Waals surface area contributed by atoms with E-state index in [9.17, 15) is 23.7 Å². The first-order chi connectivity index (χ1) is 21.7. The highest BCUT2D eigenvalue weighted by Gasteiger charge is 2.53. The number of amides is 4. The van der Waals surface area contributed by atoms with Gasteiger partial charge in [0.05, 0.1) is 31.1 Å². The van der Waals surface area contributed by atoms with Crippen molar-refractivity contribution in [2.75, 3.05) is 30.0 Å². The molecule has 2 aromatic carbocycles. The van der Waals surface area contributed by atoms with Gasteiger partial charge in [-0.05, 0) is 73.5 Å². The second kappa shape index (κ2) is 14.9. The number of rotatable bonds is 13. The molecule has 0 aliphatic heterocycles. The maximum atomic E-state index is 15.0. The highest BCUT2D eigenvalue weighted by atomic mass is 32.2. The van der Waals surface area contributed by atoms with E-state index in [-0.39, 0.29) is 55.5 Å². The van der Waals surface area contributed by atoms with Crippen LogP contribution >= 0.6 is 0 Å². The first-order valence-corrected chi connectivity index (χ1v) is 17.7. The second-order valence-corrected chi connectivity index (χ2v) is 14.5. The number of nitrogens with zero attached hydrogens (tertiary/aromatic N) is 2. The molecule has 5 N–H and O–H groups in total. The van der Waals surface area contributed by atoms with Crippen LogP contribution in [0.4, 0.5) is 5.69 Å². The van der Waals surface area contributed by atoms with Crippen molar-refractivity contribution < 1.29 is 23.7 Å². The van der Waals surface area contributed by atoms with Gasteiger partial charge in [0.2, 0.25) is 11.8 Å². The summed E-state index contributed by atoms with van der Waals surface area (Å²) in [6.45, 7) is -0.549. The van der Waals surface area contributed by atoms with Gasteiger partial charge >= 0.3 is 0 Å². The summed E-state index contributed by atoms with van der Waals surface area (Å²) in [6.07, 6.45) is 7.11. The van der Waals surface area contributed by atoms with Crippen LogP contribution in [0.15, 0.2) is 60.7 Å². The van der Waals surface area contributed by atoms with E-state index in [0.717, 1.165) is 36.1 Å². The minimum Gasteiger partial charge on any atom is -0.617 e. The summed E-state index contributed by atoms with van der Waals surface area (Å²) in [7, 11) is 0. The average molecular weight is 636 g/mol. The van der Waals surface area contributed by atoms with Crippen molar-refractivity contribution in [1.82, 2.24) is 10.2 Å². The quantitative estimate of drug-likeness (QED) is 0.284. The van der Waals surface area contributed by atoms with Crippen molar-refractivity contribution in [3.05, 3.63) is 66.2 Å². The molecule has 0 saturated heterocycles. The summed E-state index contributed by atoms with van der Waals surface area (Å²) in [5.41, 5.74) is 13.1. The summed E-state index contributed by atoms with van der Waals surface area (Å²) in [5.74, 6) is -0.0197. The summed E-state index contributed by atoms with van der Waals surface area (Å²) in [6, 6.07) is 15.8. The molecular formula is C34H45N5O5S. The maximum absolute atomic E-state index is 15.0. The minimum atomic E-state index is -1.16. The number of carbonyl (C=O) groups is 4. The van der Waals surface area contributed by atoms with Crippen LogP contribution in [0.2, 0.25) is 0 Å². The van der Waals surface area contributed by atoms with Gasteiger partial charge in [-0.1, -0.05) is 59.7 Å². The molecule has 4 saturated carbocycles. The largest absolute Gasteiger partial charge is 0.617 e. The number of hydrogen-bond acceptors (Lipinski definition) is 7. The maximum Gasteiger partial charge on any atom is 0.256 e. The molecule has 2 aromatic rings. The Kier molecular flexibility index (Phi) is 11.0. The molecule has 6 rings (SSSR count). The summed E-state index contributed by atoms with van der Waals surface area (Å²) in [4.78, 5) is 58.3. The molecule has 0 heterocycles. The van der Waals surface area contributed by atoms with Crippen molar-refractivity contribution >= 4 is 40.5 Å². The fraction of sp³-hybridized carbons (Fsp3) is 0.529. The molecule has 4 aliphatic carbocycles. The van der Waals surface area contributed by atoms with Crippen molar-refractivity contribution in [2.24, 2.45) is 35.1 Å². The molecule has 2 unspecified atom stereocenters. The third-order valence-electron chi connectivity index (χ3n) is 9.79.